The standard InChI is InChI=1S/C13H19ClN4O2S/c14-12-10(15-16-21-12)8-17-6-3-9(4-7-17)18-5-1-2-11(18)13(19)20/h9,11H,1-8H2,(H,19,20). The molecule has 0 bridgehead atoms. The Morgan fingerprint density at radius 1 is 1.33 bits per heavy atom. The van der Waals surface area contributed by atoms with E-state index in [0.717, 1.165) is 57.6 Å². The SMILES string of the molecule is O=C(O)C1CCCN1C1CCN(Cc2nnsc2Cl)CC1. The molecule has 1 unspecified atom stereocenters. The number of hydrogen-bond acceptors (Lipinski definition) is 6. The smallest absolute Gasteiger partial charge is 0.320 e. The number of carboxylic acids is 1. The highest BCUT2D eigenvalue weighted by atomic mass is 35.5. The maximum atomic E-state index is 11.3. The first-order valence-corrected chi connectivity index (χ1v) is 8.48. The number of aliphatic carboxylic acids is 1. The molecule has 0 saturated carbocycles. The average Bonchev–Trinajstić information content (AvgIpc) is 3.10. The summed E-state index contributed by atoms with van der Waals surface area (Å²) < 4.78 is 4.52. The number of piperidine rings is 1. The van der Waals surface area contributed by atoms with Crippen LogP contribution in [0.5, 0.6) is 0 Å². The van der Waals surface area contributed by atoms with Gasteiger partial charge in [0.15, 0.2) is 0 Å². The fourth-order valence-electron chi connectivity index (χ4n) is 3.40. The van der Waals surface area contributed by atoms with E-state index < -0.39 is 5.97 Å². The summed E-state index contributed by atoms with van der Waals surface area (Å²) >= 11 is 7.26. The van der Waals surface area contributed by atoms with Crippen molar-refractivity contribution in [3.63, 3.8) is 0 Å². The first-order chi connectivity index (χ1) is 10.1. The van der Waals surface area contributed by atoms with Crippen LogP contribution in [-0.2, 0) is 11.3 Å². The zero-order valence-corrected chi connectivity index (χ0v) is 13.3. The van der Waals surface area contributed by atoms with Crippen LogP contribution in [-0.4, -0.2) is 62.2 Å². The predicted octanol–water partition coefficient (Wildman–Crippen LogP) is 1.70. The molecule has 1 N–H and O–H groups in total. The van der Waals surface area contributed by atoms with E-state index in [4.69, 9.17) is 11.6 Å². The molecule has 21 heavy (non-hydrogen) atoms. The number of likely N-dealkylation sites (tertiary alicyclic amines) is 2. The van der Waals surface area contributed by atoms with Crippen LogP contribution in [0, 0.1) is 0 Å². The molecule has 1 atom stereocenters. The monoisotopic (exact) mass is 330 g/mol. The number of carboxylic acid groups (broad SMARTS) is 1. The lowest BCUT2D eigenvalue weighted by molar-refractivity contribution is -0.143. The van der Waals surface area contributed by atoms with Gasteiger partial charge in [-0.05, 0) is 32.2 Å². The normalized spacial score (nSPS) is 25.5. The highest BCUT2D eigenvalue weighted by Gasteiger charge is 2.36. The molecule has 2 saturated heterocycles. The van der Waals surface area contributed by atoms with E-state index in [9.17, 15) is 9.90 Å². The van der Waals surface area contributed by atoms with Gasteiger partial charge >= 0.3 is 5.97 Å². The Morgan fingerprint density at radius 3 is 2.71 bits per heavy atom. The van der Waals surface area contributed by atoms with Crippen molar-refractivity contribution < 1.29 is 9.90 Å². The predicted molar refractivity (Wildman–Crippen MR) is 80.6 cm³/mol. The molecule has 0 amide bonds. The van der Waals surface area contributed by atoms with E-state index in [2.05, 4.69) is 19.4 Å². The summed E-state index contributed by atoms with van der Waals surface area (Å²) in [5.41, 5.74) is 0.852. The van der Waals surface area contributed by atoms with Gasteiger partial charge in [0.2, 0.25) is 0 Å². The summed E-state index contributed by atoms with van der Waals surface area (Å²) in [5, 5.41) is 13.3. The molecule has 2 fully saturated rings. The Bertz CT molecular complexity index is 504. The zero-order valence-electron chi connectivity index (χ0n) is 11.7. The Kier molecular flexibility index (Phi) is 4.73. The van der Waals surface area contributed by atoms with Crippen molar-refractivity contribution in [3.8, 4) is 0 Å². The third-order valence-electron chi connectivity index (χ3n) is 4.49. The van der Waals surface area contributed by atoms with Crippen LogP contribution in [0.15, 0.2) is 0 Å². The van der Waals surface area contributed by atoms with Crippen LogP contribution < -0.4 is 0 Å². The molecule has 0 aliphatic carbocycles. The van der Waals surface area contributed by atoms with Gasteiger partial charge in [0.05, 0.1) is 0 Å². The molecule has 6 nitrogen and oxygen atoms in total. The number of carbonyl (C=O) groups is 1. The molecule has 3 heterocycles. The maximum Gasteiger partial charge on any atom is 0.320 e. The van der Waals surface area contributed by atoms with E-state index >= 15 is 0 Å². The largest absolute Gasteiger partial charge is 0.480 e. The molecule has 0 aromatic carbocycles. The highest BCUT2D eigenvalue weighted by Crippen LogP contribution is 2.27. The summed E-state index contributed by atoms with van der Waals surface area (Å²) in [6.07, 6.45) is 3.81. The molecule has 1 aromatic heterocycles. The summed E-state index contributed by atoms with van der Waals surface area (Å²) in [6, 6.07) is 0.118. The minimum atomic E-state index is -0.671. The quantitative estimate of drug-likeness (QED) is 0.906. The molecule has 2 aliphatic heterocycles. The maximum absolute atomic E-state index is 11.3. The van der Waals surface area contributed by atoms with Crippen molar-refractivity contribution in [1.29, 1.82) is 0 Å². The van der Waals surface area contributed by atoms with Gasteiger partial charge in [0, 0.05) is 37.2 Å². The van der Waals surface area contributed by atoms with Crippen molar-refractivity contribution >= 4 is 29.1 Å². The minimum Gasteiger partial charge on any atom is -0.480 e. The van der Waals surface area contributed by atoms with Crippen molar-refractivity contribution in [3.05, 3.63) is 10.0 Å². The van der Waals surface area contributed by atoms with Gasteiger partial charge in [-0.15, -0.1) is 5.10 Å². The topological polar surface area (TPSA) is 69.6 Å². The van der Waals surface area contributed by atoms with E-state index in [1.807, 2.05) is 0 Å². The minimum absolute atomic E-state index is 0.279. The summed E-state index contributed by atoms with van der Waals surface area (Å²) in [5.74, 6) is -0.671. The number of aromatic nitrogens is 2. The van der Waals surface area contributed by atoms with Crippen molar-refractivity contribution in [2.75, 3.05) is 19.6 Å². The number of hydrogen-bond donors (Lipinski definition) is 1. The number of nitrogens with zero attached hydrogens (tertiary/aromatic N) is 4. The van der Waals surface area contributed by atoms with Crippen molar-refractivity contribution in [2.24, 2.45) is 0 Å². The molecular formula is C13H19ClN4O2S. The first kappa shape index (κ1) is 15.1. The molecule has 0 spiro atoms. The van der Waals surface area contributed by atoms with Crippen molar-refractivity contribution in [2.45, 2.75) is 44.3 Å². The molecular weight excluding hydrogens is 312 g/mol. The summed E-state index contributed by atoms with van der Waals surface area (Å²) in [4.78, 5) is 15.8. The third-order valence-corrected chi connectivity index (χ3v) is 5.47. The van der Waals surface area contributed by atoms with Gasteiger partial charge in [-0.1, -0.05) is 16.1 Å². The van der Waals surface area contributed by atoms with Crippen molar-refractivity contribution in [1.82, 2.24) is 19.4 Å². The molecule has 116 valence electrons. The van der Waals surface area contributed by atoms with Gasteiger partial charge < -0.3 is 5.11 Å². The summed E-state index contributed by atoms with van der Waals surface area (Å²) in [6.45, 7) is 3.58. The van der Waals surface area contributed by atoms with Gasteiger partial charge in [0.1, 0.15) is 16.1 Å². The lowest BCUT2D eigenvalue weighted by Gasteiger charge is -2.38. The van der Waals surface area contributed by atoms with E-state index in [1.165, 1.54) is 11.5 Å². The van der Waals surface area contributed by atoms with Crippen LogP contribution in [0.1, 0.15) is 31.4 Å². The Balaban J connectivity index is 1.53. The molecule has 3 rings (SSSR count). The van der Waals surface area contributed by atoms with Gasteiger partial charge in [-0.2, -0.15) is 0 Å². The Morgan fingerprint density at radius 2 is 2.10 bits per heavy atom. The van der Waals surface area contributed by atoms with Gasteiger partial charge in [-0.25, -0.2) is 0 Å². The summed E-state index contributed by atoms with van der Waals surface area (Å²) in [7, 11) is 0. The van der Waals surface area contributed by atoms with Crippen LogP contribution in [0.3, 0.4) is 0 Å². The Labute approximate surface area is 132 Å². The molecule has 2 aliphatic rings. The van der Waals surface area contributed by atoms with E-state index in [-0.39, 0.29) is 6.04 Å². The molecule has 1 aromatic rings. The second-order valence-electron chi connectivity index (χ2n) is 5.73. The zero-order chi connectivity index (χ0) is 14.8. The lowest BCUT2D eigenvalue weighted by Crippen LogP contribution is -2.48. The second kappa shape index (κ2) is 6.56. The lowest BCUT2D eigenvalue weighted by atomic mass is 10.0. The van der Waals surface area contributed by atoms with Gasteiger partial charge in [-0.3, -0.25) is 14.6 Å². The van der Waals surface area contributed by atoms with Crippen LogP contribution in [0.2, 0.25) is 4.34 Å². The van der Waals surface area contributed by atoms with E-state index in [1.54, 1.807) is 0 Å². The molecule has 8 heteroatoms. The first-order valence-electron chi connectivity index (χ1n) is 7.33. The highest BCUT2D eigenvalue weighted by molar-refractivity contribution is 7.10. The van der Waals surface area contributed by atoms with Crippen LogP contribution in [0.25, 0.3) is 0 Å². The fraction of sp³-hybridized carbons (Fsp3) is 0.769. The Hall–Kier alpha value is -0.760. The second-order valence-corrected chi connectivity index (χ2v) is 7.09. The number of halogens is 1. The van der Waals surface area contributed by atoms with Gasteiger partial charge in [0.25, 0.3) is 0 Å². The average molecular weight is 331 g/mol. The van der Waals surface area contributed by atoms with Crippen LogP contribution in [0.4, 0.5) is 0 Å². The molecule has 0 radical (unpaired) electrons. The number of rotatable bonds is 4. The third kappa shape index (κ3) is 3.36. The van der Waals surface area contributed by atoms with Crippen LogP contribution >= 0.6 is 23.1 Å². The fourth-order valence-corrected chi connectivity index (χ4v) is 4.02. The van der Waals surface area contributed by atoms with E-state index in [0.29, 0.717) is 10.4 Å².